The molecule has 1 rings (SSSR count). The van der Waals surface area contributed by atoms with Crippen LogP contribution in [-0.2, 0) is 0 Å². The number of nitrogens with zero attached hydrogens (tertiary/aromatic N) is 1. The van der Waals surface area contributed by atoms with Gasteiger partial charge in [0, 0.05) is 11.6 Å². The van der Waals surface area contributed by atoms with Crippen molar-refractivity contribution in [1.29, 1.82) is 0 Å². The fourth-order valence-electron chi connectivity index (χ4n) is 2.21. The van der Waals surface area contributed by atoms with Gasteiger partial charge in [0.05, 0.1) is 0 Å². The van der Waals surface area contributed by atoms with Crippen LogP contribution in [0.4, 0.5) is 4.79 Å². The first kappa shape index (κ1) is 12.0. The summed E-state index contributed by atoms with van der Waals surface area (Å²) in [7, 11) is 0. The van der Waals surface area contributed by atoms with Gasteiger partial charge >= 0.3 is 6.03 Å². The molecule has 0 spiro atoms. The van der Waals surface area contributed by atoms with E-state index >= 15 is 0 Å². The van der Waals surface area contributed by atoms with Crippen LogP contribution in [0.5, 0.6) is 0 Å². The van der Waals surface area contributed by atoms with E-state index in [1.54, 1.807) is 0 Å². The number of nitrogens with two attached hydrogens (primary N) is 1. The van der Waals surface area contributed by atoms with Gasteiger partial charge in [-0.3, -0.25) is 0 Å². The van der Waals surface area contributed by atoms with Crippen molar-refractivity contribution < 1.29 is 4.79 Å². The summed E-state index contributed by atoms with van der Waals surface area (Å²) in [5.74, 6) is 1.73. The number of amides is 2. The molecule has 0 heterocycles. The molecule has 1 fully saturated rings. The largest absolute Gasteiger partial charge is 0.350 e. The first-order valence-electron chi connectivity index (χ1n) is 5.62. The highest BCUT2D eigenvalue weighted by molar-refractivity contribution is 5.88. The minimum Gasteiger partial charge on any atom is -0.350 e. The van der Waals surface area contributed by atoms with Crippen molar-refractivity contribution >= 4 is 11.7 Å². The van der Waals surface area contributed by atoms with Gasteiger partial charge in [0.15, 0.2) is 0 Å². The highest BCUT2D eigenvalue weighted by atomic mass is 16.2. The fourth-order valence-corrected chi connectivity index (χ4v) is 2.21. The van der Waals surface area contributed by atoms with Crippen LogP contribution in [0.15, 0.2) is 5.10 Å². The molecular weight excluding hydrogens is 190 g/mol. The Labute approximate surface area is 91.3 Å². The molecule has 0 radical (unpaired) electrons. The maximum absolute atomic E-state index is 10.6. The van der Waals surface area contributed by atoms with Crippen LogP contribution in [0.1, 0.15) is 40.0 Å². The highest BCUT2D eigenvalue weighted by Crippen LogP contribution is 2.30. The predicted octanol–water partition coefficient (Wildman–Crippen LogP) is 2.10. The van der Waals surface area contributed by atoms with Crippen molar-refractivity contribution in [2.75, 3.05) is 0 Å². The third-order valence-corrected chi connectivity index (χ3v) is 3.07. The molecule has 86 valence electrons. The molecule has 0 aromatic carbocycles. The molecule has 0 aromatic rings. The number of rotatable bonds is 2. The van der Waals surface area contributed by atoms with Crippen molar-refractivity contribution in [2.24, 2.45) is 28.6 Å². The van der Waals surface area contributed by atoms with Gasteiger partial charge in [-0.2, -0.15) is 5.10 Å². The monoisotopic (exact) mass is 211 g/mol. The second-order valence-electron chi connectivity index (χ2n) is 4.82. The zero-order valence-electron chi connectivity index (χ0n) is 9.79. The summed E-state index contributed by atoms with van der Waals surface area (Å²) < 4.78 is 0. The number of hydrogen-bond donors (Lipinski definition) is 2. The summed E-state index contributed by atoms with van der Waals surface area (Å²) in [4.78, 5) is 10.6. The summed E-state index contributed by atoms with van der Waals surface area (Å²) in [6, 6.07) is -0.580. The molecule has 0 aromatic heterocycles. The Morgan fingerprint density at radius 1 is 1.53 bits per heavy atom. The molecule has 0 aliphatic heterocycles. The molecule has 3 N–H and O–H groups in total. The van der Waals surface area contributed by atoms with Crippen LogP contribution in [-0.4, -0.2) is 11.7 Å². The molecule has 2 amide bonds. The maximum atomic E-state index is 10.6. The fraction of sp³-hybridized carbons (Fsp3) is 0.818. The standard InChI is InChI=1S/C11H21N3O/c1-7(2)9-5-4-8(3)6-10(9)13-14-11(12)15/h7-9H,4-6H2,1-3H3,(H3,12,14,15)/b13-10+/t8-,9-/m0/s1. The van der Waals surface area contributed by atoms with Crippen LogP contribution in [0.25, 0.3) is 0 Å². The first-order chi connectivity index (χ1) is 7.00. The number of nitrogens with one attached hydrogen (secondary N) is 1. The van der Waals surface area contributed by atoms with E-state index in [2.05, 4.69) is 31.3 Å². The molecule has 4 heteroatoms. The van der Waals surface area contributed by atoms with Crippen molar-refractivity contribution in [3.63, 3.8) is 0 Å². The minimum absolute atomic E-state index is 0.494. The van der Waals surface area contributed by atoms with Gasteiger partial charge in [-0.1, -0.05) is 20.8 Å². The second-order valence-corrected chi connectivity index (χ2v) is 4.82. The van der Waals surface area contributed by atoms with Crippen LogP contribution in [0, 0.1) is 17.8 Å². The SMILES string of the molecule is CC(C)[C@@H]1CC[C@H](C)C/C1=N\NC(N)=O. The summed E-state index contributed by atoms with van der Waals surface area (Å²) >= 11 is 0. The number of hydrogen-bond acceptors (Lipinski definition) is 2. The lowest BCUT2D eigenvalue weighted by atomic mass is 9.76. The smallest absolute Gasteiger partial charge is 0.332 e. The van der Waals surface area contributed by atoms with Crippen molar-refractivity contribution in [2.45, 2.75) is 40.0 Å². The van der Waals surface area contributed by atoms with E-state index in [-0.39, 0.29) is 0 Å². The van der Waals surface area contributed by atoms with Gasteiger partial charge in [-0.15, -0.1) is 0 Å². The van der Waals surface area contributed by atoms with Gasteiger partial charge in [0.2, 0.25) is 0 Å². The Balaban J connectivity index is 2.69. The highest BCUT2D eigenvalue weighted by Gasteiger charge is 2.27. The zero-order chi connectivity index (χ0) is 11.4. The lowest BCUT2D eigenvalue weighted by Crippen LogP contribution is -2.32. The molecule has 1 saturated carbocycles. The van der Waals surface area contributed by atoms with E-state index in [4.69, 9.17) is 5.73 Å². The van der Waals surface area contributed by atoms with Crippen LogP contribution >= 0.6 is 0 Å². The van der Waals surface area contributed by atoms with E-state index in [0.29, 0.717) is 17.8 Å². The molecule has 4 nitrogen and oxygen atoms in total. The minimum atomic E-state index is -0.580. The van der Waals surface area contributed by atoms with Gasteiger partial charge in [-0.25, -0.2) is 10.2 Å². The average molecular weight is 211 g/mol. The molecule has 2 atom stereocenters. The molecule has 1 aliphatic carbocycles. The molecule has 0 saturated heterocycles. The topological polar surface area (TPSA) is 67.5 Å². The van der Waals surface area contributed by atoms with E-state index in [0.717, 1.165) is 18.6 Å². The van der Waals surface area contributed by atoms with Crippen molar-refractivity contribution in [1.82, 2.24) is 5.43 Å². The quantitative estimate of drug-likeness (QED) is 0.675. The van der Waals surface area contributed by atoms with Crippen LogP contribution in [0.2, 0.25) is 0 Å². The Kier molecular flexibility index (Phi) is 4.12. The Hall–Kier alpha value is -1.06. The zero-order valence-corrected chi connectivity index (χ0v) is 9.79. The van der Waals surface area contributed by atoms with Gasteiger partial charge in [0.1, 0.15) is 0 Å². The number of carbonyl (C=O) groups is 1. The maximum Gasteiger partial charge on any atom is 0.332 e. The molecule has 15 heavy (non-hydrogen) atoms. The number of hydrazone groups is 1. The summed E-state index contributed by atoms with van der Waals surface area (Å²) in [6.45, 7) is 6.61. The van der Waals surface area contributed by atoms with Crippen LogP contribution < -0.4 is 11.2 Å². The summed E-state index contributed by atoms with van der Waals surface area (Å²) in [5, 5.41) is 4.13. The Bertz CT molecular complexity index is 261. The van der Waals surface area contributed by atoms with Gasteiger partial charge in [-0.05, 0) is 31.1 Å². The van der Waals surface area contributed by atoms with Crippen molar-refractivity contribution in [3.05, 3.63) is 0 Å². The number of urea groups is 1. The van der Waals surface area contributed by atoms with Gasteiger partial charge < -0.3 is 5.73 Å². The normalized spacial score (nSPS) is 29.5. The third kappa shape index (κ3) is 3.53. The van der Waals surface area contributed by atoms with E-state index in [1.165, 1.54) is 6.42 Å². The van der Waals surface area contributed by atoms with E-state index in [9.17, 15) is 4.79 Å². The average Bonchev–Trinajstić information content (AvgIpc) is 2.14. The third-order valence-electron chi connectivity index (χ3n) is 3.07. The molecular formula is C11H21N3O. The number of primary amides is 1. The predicted molar refractivity (Wildman–Crippen MR) is 61.5 cm³/mol. The summed E-state index contributed by atoms with van der Waals surface area (Å²) in [5.41, 5.74) is 8.46. The lowest BCUT2D eigenvalue weighted by molar-refractivity contribution is 0.249. The Morgan fingerprint density at radius 3 is 2.73 bits per heavy atom. The summed E-state index contributed by atoms with van der Waals surface area (Å²) in [6.07, 6.45) is 3.39. The van der Waals surface area contributed by atoms with Gasteiger partial charge in [0.25, 0.3) is 0 Å². The molecule has 0 bridgehead atoms. The lowest BCUT2D eigenvalue weighted by Gasteiger charge is -2.30. The molecule has 0 unspecified atom stereocenters. The molecule has 1 aliphatic rings. The second kappa shape index (κ2) is 5.14. The van der Waals surface area contributed by atoms with E-state index < -0.39 is 6.03 Å². The van der Waals surface area contributed by atoms with Crippen LogP contribution in [0.3, 0.4) is 0 Å². The first-order valence-corrected chi connectivity index (χ1v) is 5.62. The van der Waals surface area contributed by atoms with E-state index in [1.807, 2.05) is 0 Å². The van der Waals surface area contributed by atoms with Crippen molar-refractivity contribution in [3.8, 4) is 0 Å². The number of carbonyl (C=O) groups excluding carboxylic acids is 1. The Morgan fingerprint density at radius 2 is 2.20 bits per heavy atom.